The molecule has 1 aliphatic rings. The number of benzene rings is 3. The minimum absolute atomic E-state index is 0.745. The molecule has 0 unspecified atom stereocenters. The molecule has 5 aromatic rings. The molecule has 31 heavy (non-hydrogen) atoms. The van der Waals surface area contributed by atoms with Gasteiger partial charge in [0.1, 0.15) is 0 Å². The summed E-state index contributed by atoms with van der Waals surface area (Å²) in [5.74, 6) is 0. The Balaban J connectivity index is 1.55. The van der Waals surface area contributed by atoms with E-state index in [4.69, 9.17) is 16.6 Å². The molecule has 0 saturated carbocycles. The van der Waals surface area contributed by atoms with Gasteiger partial charge in [-0.3, -0.25) is 4.98 Å². The average molecular weight is 426 g/mol. The highest BCUT2D eigenvalue weighted by atomic mass is 35.5. The molecule has 0 saturated heterocycles. The molecule has 4 heteroatoms. The van der Waals surface area contributed by atoms with Crippen molar-refractivity contribution in [2.45, 2.75) is 39.2 Å². The lowest BCUT2D eigenvalue weighted by molar-refractivity contribution is 0.672. The maximum absolute atomic E-state index is 6.38. The van der Waals surface area contributed by atoms with Crippen LogP contribution in [0.1, 0.15) is 31.0 Å². The number of fused-ring (bicyclic) bond motifs is 5. The van der Waals surface area contributed by atoms with Crippen molar-refractivity contribution in [1.29, 1.82) is 0 Å². The number of halogens is 1. The van der Waals surface area contributed by atoms with Gasteiger partial charge in [0.15, 0.2) is 0 Å². The van der Waals surface area contributed by atoms with E-state index in [0.717, 1.165) is 41.0 Å². The van der Waals surface area contributed by atoms with E-state index in [0.29, 0.717) is 0 Å². The van der Waals surface area contributed by atoms with Crippen LogP contribution in [0.3, 0.4) is 0 Å². The van der Waals surface area contributed by atoms with Crippen molar-refractivity contribution >= 4 is 55.7 Å². The fourth-order valence-corrected chi connectivity index (χ4v) is 5.33. The van der Waals surface area contributed by atoms with Gasteiger partial charge in [0, 0.05) is 50.1 Å². The monoisotopic (exact) mass is 425 g/mol. The third kappa shape index (κ3) is 2.99. The Morgan fingerprint density at radius 1 is 0.903 bits per heavy atom. The standard InChI is InChI=1S/C27H24ClN3/c1-2-31-25-10-6-4-7-19(25)21-16-18(12-14-26(21)31)29-27-20-8-3-5-9-23(20)30-24-13-11-17(28)15-22(24)27/h4,6-7,10-16H,2-3,5,8-9H2,1H3,(H,29,30). The topological polar surface area (TPSA) is 29.9 Å². The maximum Gasteiger partial charge on any atom is 0.0727 e. The molecule has 2 heterocycles. The number of anilines is 2. The highest BCUT2D eigenvalue weighted by molar-refractivity contribution is 6.31. The van der Waals surface area contributed by atoms with Gasteiger partial charge in [-0.25, -0.2) is 0 Å². The number of aromatic nitrogens is 2. The molecular weight excluding hydrogens is 402 g/mol. The van der Waals surface area contributed by atoms with Crippen LogP contribution in [0.5, 0.6) is 0 Å². The summed E-state index contributed by atoms with van der Waals surface area (Å²) < 4.78 is 2.39. The summed E-state index contributed by atoms with van der Waals surface area (Å²) in [6.45, 7) is 3.16. The Labute approximate surface area is 186 Å². The van der Waals surface area contributed by atoms with Crippen LogP contribution in [0, 0.1) is 0 Å². The zero-order valence-corrected chi connectivity index (χ0v) is 18.3. The number of para-hydroxylation sites is 1. The van der Waals surface area contributed by atoms with Crippen LogP contribution >= 0.6 is 11.6 Å². The van der Waals surface area contributed by atoms with E-state index < -0.39 is 0 Å². The molecule has 3 nitrogen and oxygen atoms in total. The number of aryl methyl sites for hydroxylation is 2. The SMILES string of the molecule is CCn1c2ccccc2c2cc(Nc3c4c(nc5ccc(Cl)cc35)CCCC4)ccc21. The predicted molar refractivity (Wildman–Crippen MR) is 132 cm³/mol. The zero-order valence-electron chi connectivity index (χ0n) is 17.6. The first-order chi connectivity index (χ1) is 15.2. The van der Waals surface area contributed by atoms with Gasteiger partial charge in [-0.15, -0.1) is 0 Å². The summed E-state index contributed by atoms with van der Waals surface area (Å²) in [5.41, 5.74) is 8.42. The van der Waals surface area contributed by atoms with Gasteiger partial charge in [-0.1, -0.05) is 29.8 Å². The fraction of sp³-hybridized carbons (Fsp3) is 0.222. The number of pyridine rings is 1. The van der Waals surface area contributed by atoms with Gasteiger partial charge in [0.2, 0.25) is 0 Å². The second-order valence-corrected chi connectivity index (χ2v) is 8.84. The van der Waals surface area contributed by atoms with Gasteiger partial charge in [0.05, 0.1) is 11.2 Å². The molecule has 0 amide bonds. The first-order valence-corrected chi connectivity index (χ1v) is 11.5. The Hall–Kier alpha value is -3.04. The first-order valence-electron chi connectivity index (χ1n) is 11.1. The summed E-state index contributed by atoms with van der Waals surface area (Å²) >= 11 is 6.38. The van der Waals surface area contributed by atoms with Crippen molar-refractivity contribution in [3.8, 4) is 0 Å². The molecule has 3 aromatic carbocycles. The fourth-order valence-electron chi connectivity index (χ4n) is 5.16. The Kier molecular flexibility index (Phi) is 4.39. The zero-order chi connectivity index (χ0) is 20.9. The minimum Gasteiger partial charge on any atom is -0.355 e. The summed E-state index contributed by atoms with van der Waals surface area (Å²) in [5, 5.41) is 8.21. The van der Waals surface area contributed by atoms with E-state index in [-0.39, 0.29) is 0 Å². The molecule has 1 N–H and O–H groups in total. The number of nitrogens with one attached hydrogen (secondary N) is 1. The third-order valence-corrected chi connectivity index (χ3v) is 6.82. The average Bonchev–Trinajstić information content (AvgIpc) is 3.12. The summed E-state index contributed by atoms with van der Waals surface area (Å²) in [7, 11) is 0. The summed E-state index contributed by atoms with van der Waals surface area (Å²) in [4.78, 5) is 4.96. The van der Waals surface area contributed by atoms with Crippen LogP contribution < -0.4 is 5.32 Å². The lowest BCUT2D eigenvalue weighted by atomic mass is 9.92. The van der Waals surface area contributed by atoms with Crippen molar-refractivity contribution < 1.29 is 0 Å². The van der Waals surface area contributed by atoms with Gasteiger partial charge >= 0.3 is 0 Å². The number of nitrogens with zero attached hydrogens (tertiary/aromatic N) is 2. The Bertz CT molecular complexity index is 1460. The molecule has 0 bridgehead atoms. The van der Waals surface area contributed by atoms with E-state index in [2.05, 4.69) is 59.3 Å². The molecule has 2 aromatic heterocycles. The van der Waals surface area contributed by atoms with Gasteiger partial charge in [-0.2, -0.15) is 0 Å². The normalized spacial score (nSPS) is 13.7. The van der Waals surface area contributed by atoms with Crippen molar-refractivity contribution in [2.24, 2.45) is 0 Å². The molecule has 0 atom stereocenters. The highest BCUT2D eigenvalue weighted by Crippen LogP contribution is 2.38. The highest BCUT2D eigenvalue weighted by Gasteiger charge is 2.19. The molecule has 1 aliphatic carbocycles. The van der Waals surface area contributed by atoms with Crippen molar-refractivity contribution in [2.75, 3.05) is 5.32 Å². The molecule has 154 valence electrons. The summed E-state index contributed by atoms with van der Waals surface area (Å²) in [6.07, 6.45) is 4.52. The maximum atomic E-state index is 6.38. The second kappa shape index (κ2) is 7.28. The Morgan fingerprint density at radius 2 is 1.74 bits per heavy atom. The molecular formula is C27H24ClN3. The van der Waals surface area contributed by atoms with E-state index in [1.165, 1.54) is 51.6 Å². The van der Waals surface area contributed by atoms with Gasteiger partial charge in [0.25, 0.3) is 0 Å². The van der Waals surface area contributed by atoms with Crippen molar-refractivity contribution in [1.82, 2.24) is 9.55 Å². The first kappa shape index (κ1) is 18.7. The van der Waals surface area contributed by atoms with Crippen molar-refractivity contribution in [3.05, 3.63) is 76.9 Å². The molecule has 0 aliphatic heterocycles. The van der Waals surface area contributed by atoms with E-state index in [1.54, 1.807) is 0 Å². The number of hydrogen-bond donors (Lipinski definition) is 1. The third-order valence-electron chi connectivity index (χ3n) is 6.58. The van der Waals surface area contributed by atoms with Crippen LogP contribution in [0.15, 0.2) is 60.7 Å². The predicted octanol–water partition coefficient (Wildman–Crippen LogP) is 7.64. The molecule has 0 spiro atoms. The molecule has 6 rings (SSSR count). The van der Waals surface area contributed by atoms with E-state index in [1.807, 2.05) is 18.2 Å². The van der Waals surface area contributed by atoms with Gasteiger partial charge in [-0.05, 0) is 80.6 Å². The molecule has 0 radical (unpaired) electrons. The van der Waals surface area contributed by atoms with Crippen LogP contribution in [0.4, 0.5) is 11.4 Å². The quantitative estimate of drug-likeness (QED) is 0.322. The smallest absolute Gasteiger partial charge is 0.0727 e. The van der Waals surface area contributed by atoms with E-state index >= 15 is 0 Å². The lowest BCUT2D eigenvalue weighted by Crippen LogP contribution is -2.09. The Morgan fingerprint density at radius 3 is 2.65 bits per heavy atom. The largest absolute Gasteiger partial charge is 0.355 e. The number of rotatable bonds is 3. The van der Waals surface area contributed by atoms with Crippen LogP contribution in [0.25, 0.3) is 32.7 Å². The van der Waals surface area contributed by atoms with Crippen LogP contribution in [-0.2, 0) is 19.4 Å². The van der Waals surface area contributed by atoms with Crippen LogP contribution in [-0.4, -0.2) is 9.55 Å². The van der Waals surface area contributed by atoms with Gasteiger partial charge < -0.3 is 9.88 Å². The lowest BCUT2D eigenvalue weighted by Gasteiger charge is -2.22. The minimum atomic E-state index is 0.745. The van der Waals surface area contributed by atoms with Crippen LogP contribution in [0.2, 0.25) is 5.02 Å². The number of hydrogen-bond acceptors (Lipinski definition) is 2. The second-order valence-electron chi connectivity index (χ2n) is 8.40. The van der Waals surface area contributed by atoms with Crippen molar-refractivity contribution in [3.63, 3.8) is 0 Å². The summed E-state index contributed by atoms with van der Waals surface area (Å²) in [6, 6.07) is 21.4. The molecule has 0 fully saturated rings. The van der Waals surface area contributed by atoms with E-state index in [9.17, 15) is 0 Å².